The number of nitrogens with one attached hydrogen (secondary N) is 2. The van der Waals surface area contributed by atoms with Crippen LogP contribution in [0.25, 0.3) is 0 Å². The second-order valence-corrected chi connectivity index (χ2v) is 4.46. The Morgan fingerprint density at radius 1 is 1.56 bits per heavy atom. The van der Waals surface area contributed by atoms with Crippen molar-refractivity contribution in [1.82, 2.24) is 15.6 Å². The molecule has 1 aliphatic heterocycles. The van der Waals surface area contributed by atoms with E-state index < -0.39 is 0 Å². The number of ether oxygens (including phenoxy) is 1. The number of rotatable bonds is 4. The van der Waals surface area contributed by atoms with Crippen LogP contribution in [-0.4, -0.2) is 36.7 Å². The first kappa shape index (κ1) is 13.0. The van der Waals surface area contributed by atoms with E-state index in [-0.39, 0.29) is 11.9 Å². The summed E-state index contributed by atoms with van der Waals surface area (Å²) >= 11 is 0. The largest absolute Gasteiger partial charge is 0.444 e. The second-order valence-electron chi connectivity index (χ2n) is 4.46. The van der Waals surface area contributed by atoms with Crippen molar-refractivity contribution in [3.63, 3.8) is 0 Å². The molecule has 1 aliphatic rings. The average molecular weight is 253 g/mol. The van der Waals surface area contributed by atoms with Crippen molar-refractivity contribution in [1.29, 1.82) is 0 Å². The number of morpholine rings is 1. The Labute approximate surface area is 106 Å². The summed E-state index contributed by atoms with van der Waals surface area (Å²) < 4.78 is 10.7. The van der Waals surface area contributed by atoms with Crippen LogP contribution in [0.15, 0.2) is 4.42 Å². The van der Waals surface area contributed by atoms with Crippen molar-refractivity contribution in [3.8, 4) is 0 Å². The highest BCUT2D eigenvalue weighted by Crippen LogP contribution is 2.07. The SMILES string of the molecule is Cc1nc(CNC(=O)CC2COCCN2)oc1C. The molecule has 2 rings (SSSR count). The van der Waals surface area contributed by atoms with Gasteiger partial charge in [0.25, 0.3) is 0 Å². The maximum absolute atomic E-state index is 11.7. The second kappa shape index (κ2) is 5.97. The fourth-order valence-electron chi connectivity index (χ4n) is 1.84. The Balaban J connectivity index is 1.74. The van der Waals surface area contributed by atoms with E-state index in [0.29, 0.717) is 32.1 Å². The quantitative estimate of drug-likeness (QED) is 0.806. The summed E-state index contributed by atoms with van der Waals surface area (Å²) in [6, 6.07) is 0.104. The van der Waals surface area contributed by atoms with Crippen molar-refractivity contribution in [2.24, 2.45) is 0 Å². The van der Waals surface area contributed by atoms with Gasteiger partial charge in [0.2, 0.25) is 11.8 Å². The molecular formula is C12H19N3O3. The van der Waals surface area contributed by atoms with E-state index in [0.717, 1.165) is 18.0 Å². The predicted molar refractivity (Wildman–Crippen MR) is 65.1 cm³/mol. The highest BCUT2D eigenvalue weighted by atomic mass is 16.5. The number of carbonyl (C=O) groups excluding carboxylic acids is 1. The van der Waals surface area contributed by atoms with Crippen LogP contribution < -0.4 is 10.6 Å². The molecule has 0 aliphatic carbocycles. The van der Waals surface area contributed by atoms with Gasteiger partial charge in [-0.3, -0.25) is 4.79 Å². The van der Waals surface area contributed by atoms with Gasteiger partial charge in [-0.05, 0) is 13.8 Å². The van der Waals surface area contributed by atoms with Gasteiger partial charge in [-0.25, -0.2) is 4.98 Å². The molecule has 1 unspecified atom stereocenters. The Morgan fingerprint density at radius 3 is 3.00 bits per heavy atom. The van der Waals surface area contributed by atoms with Crippen LogP contribution in [0.3, 0.4) is 0 Å². The summed E-state index contributed by atoms with van der Waals surface area (Å²) in [5.41, 5.74) is 0.863. The average Bonchev–Trinajstić information content (AvgIpc) is 2.68. The molecule has 1 aromatic heterocycles. The number of oxazole rings is 1. The molecule has 1 atom stereocenters. The zero-order chi connectivity index (χ0) is 13.0. The maximum atomic E-state index is 11.7. The lowest BCUT2D eigenvalue weighted by atomic mass is 10.2. The van der Waals surface area contributed by atoms with E-state index in [1.54, 1.807) is 0 Å². The lowest BCUT2D eigenvalue weighted by Gasteiger charge is -2.23. The fraction of sp³-hybridized carbons (Fsp3) is 0.667. The van der Waals surface area contributed by atoms with E-state index >= 15 is 0 Å². The summed E-state index contributed by atoms with van der Waals surface area (Å²) in [6.07, 6.45) is 0.415. The zero-order valence-corrected chi connectivity index (χ0v) is 10.8. The smallest absolute Gasteiger partial charge is 0.222 e. The Bertz CT molecular complexity index is 391. The van der Waals surface area contributed by atoms with Gasteiger partial charge < -0.3 is 19.8 Å². The van der Waals surface area contributed by atoms with Crippen molar-refractivity contribution >= 4 is 5.91 Å². The summed E-state index contributed by atoms with van der Waals surface area (Å²) in [6.45, 7) is 6.18. The highest BCUT2D eigenvalue weighted by Gasteiger charge is 2.17. The third-order valence-corrected chi connectivity index (χ3v) is 2.94. The molecule has 2 N–H and O–H groups in total. The van der Waals surface area contributed by atoms with Crippen LogP contribution in [0, 0.1) is 13.8 Å². The third-order valence-electron chi connectivity index (χ3n) is 2.94. The molecule has 100 valence electrons. The predicted octanol–water partition coefficient (Wildman–Crippen LogP) is 0.286. The number of amides is 1. The molecule has 1 saturated heterocycles. The molecule has 0 bridgehead atoms. The first-order valence-corrected chi connectivity index (χ1v) is 6.16. The molecule has 0 saturated carbocycles. The van der Waals surface area contributed by atoms with Gasteiger partial charge in [0, 0.05) is 19.0 Å². The van der Waals surface area contributed by atoms with Crippen molar-refractivity contribution in [3.05, 3.63) is 17.3 Å². The normalized spacial score (nSPS) is 19.8. The first-order valence-electron chi connectivity index (χ1n) is 6.16. The lowest BCUT2D eigenvalue weighted by Crippen LogP contribution is -2.44. The van der Waals surface area contributed by atoms with Crippen LogP contribution in [0.1, 0.15) is 23.8 Å². The van der Waals surface area contributed by atoms with E-state index in [2.05, 4.69) is 15.6 Å². The van der Waals surface area contributed by atoms with Gasteiger partial charge in [-0.15, -0.1) is 0 Å². The third kappa shape index (κ3) is 3.54. The van der Waals surface area contributed by atoms with E-state index in [4.69, 9.17) is 9.15 Å². The number of carbonyl (C=O) groups is 1. The summed E-state index contributed by atoms with van der Waals surface area (Å²) in [7, 11) is 0. The van der Waals surface area contributed by atoms with Gasteiger partial charge >= 0.3 is 0 Å². The van der Waals surface area contributed by atoms with Crippen LogP contribution in [0.5, 0.6) is 0 Å². The standard InChI is InChI=1S/C12H19N3O3/c1-8-9(2)18-12(15-8)6-14-11(16)5-10-7-17-4-3-13-10/h10,13H,3-7H2,1-2H3,(H,14,16). The molecule has 0 radical (unpaired) electrons. The van der Waals surface area contributed by atoms with Crippen LogP contribution >= 0.6 is 0 Å². The lowest BCUT2D eigenvalue weighted by molar-refractivity contribution is -0.122. The van der Waals surface area contributed by atoms with Crippen molar-refractivity contribution in [2.75, 3.05) is 19.8 Å². The maximum Gasteiger partial charge on any atom is 0.222 e. The number of hydrogen-bond donors (Lipinski definition) is 2. The van der Waals surface area contributed by atoms with Gasteiger partial charge in [0.05, 0.1) is 25.5 Å². The fourth-order valence-corrected chi connectivity index (χ4v) is 1.84. The zero-order valence-electron chi connectivity index (χ0n) is 10.8. The molecule has 6 nitrogen and oxygen atoms in total. The molecule has 2 heterocycles. The molecule has 0 spiro atoms. The van der Waals surface area contributed by atoms with Gasteiger partial charge in [-0.2, -0.15) is 0 Å². The molecule has 6 heteroatoms. The minimum atomic E-state index is -0.0218. The first-order chi connectivity index (χ1) is 8.65. The van der Waals surface area contributed by atoms with Crippen LogP contribution in [0.4, 0.5) is 0 Å². The van der Waals surface area contributed by atoms with Gasteiger partial charge in [0.1, 0.15) is 5.76 Å². The minimum Gasteiger partial charge on any atom is -0.444 e. The van der Waals surface area contributed by atoms with Crippen molar-refractivity contribution in [2.45, 2.75) is 32.9 Å². The van der Waals surface area contributed by atoms with Crippen LogP contribution in [0.2, 0.25) is 0 Å². The van der Waals surface area contributed by atoms with Crippen molar-refractivity contribution < 1.29 is 13.9 Å². The van der Waals surface area contributed by atoms with E-state index in [9.17, 15) is 4.79 Å². The monoisotopic (exact) mass is 253 g/mol. The number of nitrogens with zero attached hydrogens (tertiary/aromatic N) is 1. The van der Waals surface area contributed by atoms with E-state index in [1.165, 1.54) is 0 Å². The van der Waals surface area contributed by atoms with E-state index in [1.807, 2.05) is 13.8 Å². The summed E-state index contributed by atoms with van der Waals surface area (Å²) in [5, 5.41) is 6.03. The summed E-state index contributed by atoms with van der Waals surface area (Å²) in [4.78, 5) is 15.9. The molecule has 0 aromatic carbocycles. The Kier molecular flexibility index (Phi) is 4.33. The number of aryl methyl sites for hydroxylation is 2. The van der Waals surface area contributed by atoms with Gasteiger partial charge in [-0.1, -0.05) is 0 Å². The molecule has 1 fully saturated rings. The Morgan fingerprint density at radius 2 is 2.39 bits per heavy atom. The van der Waals surface area contributed by atoms with Gasteiger partial charge in [0.15, 0.2) is 0 Å². The number of hydrogen-bond acceptors (Lipinski definition) is 5. The highest BCUT2D eigenvalue weighted by molar-refractivity contribution is 5.76. The minimum absolute atomic E-state index is 0.0218. The Hall–Kier alpha value is -1.40. The molecular weight excluding hydrogens is 234 g/mol. The summed E-state index contributed by atoms with van der Waals surface area (Å²) in [5.74, 6) is 1.32. The molecule has 18 heavy (non-hydrogen) atoms. The molecule has 1 amide bonds. The molecule has 1 aromatic rings. The van der Waals surface area contributed by atoms with Crippen LogP contribution in [-0.2, 0) is 16.1 Å². The number of aromatic nitrogens is 1. The topological polar surface area (TPSA) is 76.4 Å².